The third-order valence-corrected chi connectivity index (χ3v) is 3.61. The molecule has 0 spiro atoms. The van der Waals surface area contributed by atoms with Crippen LogP contribution in [0.15, 0.2) is 24.3 Å². The molecule has 2 rings (SSSR count). The van der Waals surface area contributed by atoms with Gasteiger partial charge in [0, 0.05) is 24.1 Å². The molecule has 0 bridgehead atoms. The summed E-state index contributed by atoms with van der Waals surface area (Å²) in [4.78, 5) is 13.2. The van der Waals surface area contributed by atoms with Gasteiger partial charge in [0.1, 0.15) is 5.75 Å². The molecule has 4 heteroatoms. The summed E-state index contributed by atoms with van der Waals surface area (Å²) in [5, 5.41) is 9.19. The van der Waals surface area contributed by atoms with Crippen LogP contribution < -0.4 is 4.74 Å². The van der Waals surface area contributed by atoms with E-state index in [2.05, 4.69) is 25.7 Å². The fraction of sp³-hybridized carbons (Fsp3) is 0.562. The lowest BCUT2D eigenvalue weighted by molar-refractivity contribution is -0.139. The van der Waals surface area contributed by atoms with E-state index in [0.717, 1.165) is 17.9 Å². The van der Waals surface area contributed by atoms with Gasteiger partial charge in [0.15, 0.2) is 0 Å². The number of benzene rings is 1. The number of fused-ring (bicyclic) bond motifs is 1. The van der Waals surface area contributed by atoms with Gasteiger partial charge in [-0.15, -0.1) is 0 Å². The van der Waals surface area contributed by atoms with Gasteiger partial charge in [-0.3, -0.25) is 9.69 Å². The molecule has 0 saturated heterocycles. The Hall–Kier alpha value is -1.55. The van der Waals surface area contributed by atoms with Crippen LogP contribution in [-0.2, 0) is 4.79 Å². The van der Waals surface area contributed by atoms with Crippen LogP contribution in [0.5, 0.6) is 5.75 Å². The van der Waals surface area contributed by atoms with Crippen LogP contribution in [-0.4, -0.2) is 35.7 Å². The number of hydrogen-bond donors (Lipinski definition) is 1. The van der Waals surface area contributed by atoms with Crippen LogP contribution in [0.3, 0.4) is 0 Å². The van der Waals surface area contributed by atoms with Crippen molar-refractivity contribution in [2.75, 3.05) is 19.7 Å². The van der Waals surface area contributed by atoms with Gasteiger partial charge >= 0.3 is 5.97 Å². The number of carboxylic acid groups (broad SMARTS) is 1. The second-order valence-electron chi connectivity index (χ2n) is 5.99. The maximum absolute atomic E-state index is 11.2. The second kappa shape index (κ2) is 6.27. The Morgan fingerprint density at radius 3 is 2.80 bits per heavy atom. The van der Waals surface area contributed by atoms with Crippen LogP contribution in [0.2, 0.25) is 0 Å². The molecule has 2 unspecified atom stereocenters. The van der Waals surface area contributed by atoms with E-state index in [1.54, 1.807) is 0 Å². The predicted molar refractivity (Wildman–Crippen MR) is 77.9 cm³/mol. The summed E-state index contributed by atoms with van der Waals surface area (Å²) in [6.45, 7) is 7.83. The fourth-order valence-electron chi connectivity index (χ4n) is 2.95. The normalized spacial score (nSPS) is 21.6. The van der Waals surface area contributed by atoms with E-state index in [1.165, 1.54) is 0 Å². The first-order valence-electron chi connectivity index (χ1n) is 7.16. The van der Waals surface area contributed by atoms with Crippen molar-refractivity contribution in [1.82, 2.24) is 4.90 Å². The first kappa shape index (κ1) is 14.9. The van der Waals surface area contributed by atoms with Gasteiger partial charge in [0.25, 0.3) is 0 Å². The lowest BCUT2D eigenvalue weighted by atomic mass is 9.90. The maximum atomic E-state index is 11.2. The van der Waals surface area contributed by atoms with Crippen molar-refractivity contribution in [2.45, 2.75) is 26.8 Å². The Morgan fingerprint density at radius 1 is 1.45 bits per heavy atom. The maximum Gasteiger partial charge on any atom is 0.317 e. The lowest BCUT2D eigenvalue weighted by Gasteiger charge is -2.39. The number of para-hydroxylation sites is 1. The van der Waals surface area contributed by atoms with Crippen LogP contribution in [0.25, 0.3) is 0 Å². The molecule has 1 aliphatic heterocycles. The van der Waals surface area contributed by atoms with Gasteiger partial charge in [0.2, 0.25) is 0 Å². The average molecular weight is 277 g/mol. The van der Waals surface area contributed by atoms with Crippen molar-refractivity contribution < 1.29 is 14.6 Å². The molecule has 0 radical (unpaired) electrons. The van der Waals surface area contributed by atoms with Crippen molar-refractivity contribution in [3.63, 3.8) is 0 Å². The SMILES string of the molecule is CC(C)CN(CC(=O)O)C1c2ccccc2OCC1C. The van der Waals surface area contributed by atoms with Crippen molar-refractivity contribution in [3.05, 3.63) is 29.8 Å². The van der Waals surface area contributed by atoms with Crippen LogP contribution >= 0.6 is 0 Å². The topological polar surface area (TPSA) is 49.8 Å². The summed E-state index contributed by atoms with van der Waals surface area (Å²) >= 11 is 0. The summed E-state index contributed by atoms with van der Waals surface area (Å²) in [5.41, 5.74) is 1.10. The van der Waals surface area contributed by atoms with Crippen LogP contribution in [0, 0.1) is 11.8 Å². The molecule has 0 amide bonds. The summed E-state index contributed by atoms with van der Waals surface area (Å²) in [6.07, 6.45) is 0. The van der Waals surface area contributed by atoms with Crippen molar-refractivity contribution in [2.24, 2.45) is 11.8 Å². The summed E-state index contributed by atoms with van der Waals surface area (Å²) < 4.78 is 5.75. The number of hydrogen-bond acceptors (Lipinski definition) is 3. The molecule has 0 saturated carbocycles. The first-order valence-corrected chi connectivity index (χ1v) is 7.16. The minimum atomic E-state index is -0.776. The molecule has 0 aromatic heterocycles. The first-order chi connectivity index (χ1) is 9.49. The molecular formula is C16H23NO3. The van der Waals surface area contributed by atoms with Gasteiger partial charge in [0.05, 0.1) is 13.2 Å². The van der Waals surface area contributed by atoms with Crippen molar-refractivity contribution in [3.8, 4) is 5.75 Å². The summed E-state index contributed by atoms with van der Waals surface area (Å²) in [6, 6.07) is 8.06. The lowest BCUT2D eigenvalue weighted by Crippen LogP contribution is -2.42. The number of carbonyl (C=O) groups is 1. The Morgan fingerprint density at radius 2 is 2.15 bits per heavy atom. The van der Waals surface area contributed by atoms with E-state index < -0.39 is 5.97 Å². The predicted octanol–water partition coefficient (Wildman–Crippen LogP) is 2.80. The molecule has 0 fully saturated rings. The Bertz CT molecular complexity index is 473. The van der Waals surface area contributed by atoms with E-state index >= 15 is 0 Å². The van der Waals surface area contributed by atoms with Gasteiger partial charge in [-0.2, -0.15) is 0 Å². The standard InChI is InChI=1S/C16H23NO3/c1-11(2)8-17(9-15(18)19)16-12(3)10-20-14-7-5-4-6-13(14)16/h4-7,11-12,16H,8-10H2,1-3H3,(H,18,19). The Kier molecular flexibility index (Phi) is 4.65. The quantitative estimate of drug-likeness (QED) is 0.899. The number of carboxylic acids is 1. The van der Waals surface area contributed by atoms with Crippen LogP contribution in [0.4, 0.5) is 0 Å². The van der Waals surface area contributed by atoms with Crippen molar-refractivity contribution in [1.29, 1.82) is 0 Å². The monoisotopic (exact) mass is 277 g/mol. The molecule has 2 atom stereocenters. The zero-order valence-electron chi connectivity index (χ0n) is 12.4. The minimum absolute atomic E-state index is 0.0710. The highest BCUT2D eigenvalue weighted by molar-refractivity contribution is 5.69. The molecule has 1 heterocycles. The number of nitrogens with zero attached hydrogens (tertiary/aromatic N) is 1. The smallest absolute Gasteiger partial charge is 0.317 e. The van der Waals surface area contributed by atoms with Crippen LogP contribution in [0.1, 0.15) is 32.4 Å². The molecular weight excluding hydrogens is 254 g/mol. The van der Waals surface area contributed by atoms with Gasteiger partial charge in [-0.25, -0.2) is 0 Å². The Balaban J connectivity index is 2.32. The molecule has 1 N–H and O–H groups in total. The molecule has 110 valence electrons. The molecule has 1 aromatic rings. The molecule has 1 aromatic carbocycles. The number of rotatable bonds is 5. The highest BCUT2D eigenvalue weighted by Gasteiger charge is 2.33. The highest BCUT2D eigenvalue weighted by Crippen LogP contribution is 2.39. The third-order valence-electron chi connectivity index (χ3n) is 3.61. The van der Waals surface area contributed by atoms with E-state index in [9.17, 15) is 9.90 Å². The molecule has 0 aliphatic carbocycles. The van der Waals surface area contributed by atoms with E-state index in [-0.39, 0.29) is 18.5 Å². The van der Waals surface area contributed by atoms with Gasteiger partial charge < -0.3 is 9.84 Å². The molecule has 20 heavy (non-hydrogen) atoms. The zero-order chi connectivity index (χ0) is 14.7. The Labute approximate surface area is 120 Å². The van der Waals surface area contributed by atoms with E-state index in [0.29, 0.717) is 12.5 Å². The number of aliphatic carboxylic acids is 1. The minimum Gasteiger partial charge on any atom is -0.493 e. The average Bonchev–Trinajstić information content (AvgIpc) is 2.36. The molecule has 1 aliphatic rings. The largest absolute Gasteiger partial charge is 0.493 e. The molecule has 4 nitrogen and oxygen atoms in total. The number of ether oxygens (including phenoxy) is 1. The highest BCUT2D eigenvalue weighted by atomic mass is 16.5. The van der Waals surface area contributed by atoms with E-state index in [1.807, 2.05) is 24.3 Å². The van der Waals surface area contributed by atoms with Gasteiger partial charge in [-0.05, 0) is 12.0 Å². The third kappa shape index (κ3) is 3.31. The second-order valence-corrected chi connectivity index (χ2v) is 5.99. The fourth-order valence-corrected chi connectivity index (χ4v) is 2.95. The summed E-state index contributed by atoms with van der Waals surface area (Å²) in [7, 11) is 0. The zero-order valence-corrected chi connectivity index (χ0v) is 12.4. The van der Waals surface area contributed by atoms with E-state index in [4.69, 9.17) is 4.74 Å². The summed E-state index contributed by atoms with van der Waals surface area (Å²) in [5.74, 6) is 0.816. The van der Waals surface area contributed by atoms with Gasteiger partial charge in [-0.1, -0.05) is 39.0 Å². The van der Waals surface area contributed by atoms with Crippen molar-refractivity contribution >= 4 is 5.97 Å².